The van der Waals surface area contributed by atoms with Crippen molar-refractivity contribution in [1.29, 1.82) is 0 Å². The molecule has 0 radical (unpaired) electrons. The van der Waals surface area contributed by atoms with Gasteiger partial charge in [0.2, 0.25) is 11.8 Å². The fourth-order valence-corrected chi connectivity index (χ4v) is 7.02. The summed E-state index contributed by atoms with van der Waals surface area (Å²) in [5.74, 6) is -1.57. The molecule has 3 aromatic rings. The topological polar surface area (TPSA) is 143 Å². The van der Waals surface area contributed by atoms with Crippen molar-refractivity contribution in [2.75, 3.05) is 18.7 Å². The van der Waals surface area contributed by atoms with Gasteiger partial charge in [-0.2, -0.15) is 11.8 Å². The quantitative estimate of drug-likeness (QED) is 0.221. The summed E-state index contributed by atoms with van der Waals surface area (Å²) in [4.78, 5) is 68.6. The zero-order valence-electron chi connectivity index (χ0n) is 30.8. The maximum Gasteiger partial charge on any atom is 0.408 e. The van der Waals surface area contributed by atoms with Crippen LogP contribution in [0.3, 0.4) is 0 Å². The number of alkyl carbamates (subject to hydrolysis) is 1. The number of amides is 4. The smallest absolute Gasteiger partial charge is 0.408 e. The number of esters is 1. The summed E-state index contributed by atoms with van der Waals surface area (Å²) in [5, 5.41) is 8.98. The molecule has 4 amide bonds. The molecular weight excluding hydrogens is 681 g/mol. The van der Waals surface area contributed by atoms with Crippen molar-refractivity contribution in [1.82, 2.24) is 15.5 Å². The first-order valence-electron chi connectivity index (χ1n) is 17.4. The lowest BCUT2D eigenvalue weighted by molar-refractivity contribution is -0.144. The average Bonchev–Trinajstić information content (AvgIpc) is 3.12. The summed E-state index contributed by atoms with van der Waals surface area (Å²) in [5.41, 5.74) is 4.32. The molecule has 12 heteroatoms. The highest BCUT2D eigenvalue weighted by atomic mass is 32.2. The maximum atomic E-state index is 14.7. The molecule has 0 spiro atoms. The summed E-state index contributed by atoms with van der Waals surface area (Å²) < 4.78 is 9.53. The molecule has 276 valence electrons. The highest BCUT2D eigenvalue weighted by Gasteiger charge is 2.44. The van der Waals surface area contributed by atoms with Gasteiger partial charge in [0.15, 0.2) is 0 Å². The Kier molecular flexibility index (Phi) is 11.7. The molecule has 1 aliphatic heterocycles. The van der Waals surface area contributed by atoms with Crippen molar-refractivity contribution in [3.8, 4) is 0 Å². The van der Waals surface area contributed by atoms with Gasteiger partial charge in [-0.3, -0.25) is 14.4 Å². The van der Waals surface area contributed by atoms with Crippen LogP contribution in [0.1, 0.15) is 96.5 Å². The van der Waals surface area contributed by atoms with Gasteiger partial charge in [0.1, 0.15) is 17.7 Å². The molecule has 0 bridgehead atoms. The van der Waals surface area contributed by atoms with Gasteiger partial charge in [-0.1, -0.05) is 30.3 Å². The van der Waals surface area contributed by atoms with Crippen LogP contribution in [0.15, 0.2) is 66.7 Å². The largest absolute Gasteiger partial charge is 0.465 e. The maximum absolute atomic E-state index is 14.7. The number of thioether (sulfide) groups is 1. The van der Waals surface area contributed by atoms with E-state index >= 15 is 0 Å². The third-order valence-corrected chi connectivity index (χ3v) is 10.9. The normalized spacial score (nSPS) is 17.5. The zero-order valence-corrected chi connectivity index (χ0v) is 31.6. The monoisotopic (exact) mass is 728 g/mol. The lowest BCUT2D eigenvalue weighted by atomic mass is 9.87. The van der Waals surface area contributed by atoms with E-state index in [0.29, 0.717) is 16.8 Å². The summed E-state index contributed by atoms with van der Waals surface area (Å²) in [6, 6.07) is 17.6. The van der Waals surface area contributed by atoms with E-state index in [2.05, 4.69) is 22.0 Å². The number of nitrogens with zero attached hydrogens (tertiary/aromatic N) is 1. The molecule has 5 rings (SSSR count). The first-order valence-corrected chi connectivity index (χ1v) is 18.7. The van der Waals surface area contributed by atoms with E-state index in [9.17, 15) is 24.0 Å². The van der Waals surface area contributed by atoms with Crippen LogP contribution in [0.4, 0.5) is 10.5 Å². The number of aryl methyl sites for hydroxylation is 1. The van der Waals surface area contributed by atoms with E-state index in [1.54, 1.807) is 49.9 Å². The Hall–Kier alpha value is -4.84. The minimum Gasteiger partial charge on any atom is -0.465 e. The molecule has 0 saturated heterocycles. The standard InChI is InChI=1S/C40H48N4O7S/c1-39(2,3)51-38(49)43-33(40(4,5)52-7)36(47)44-23-28-21-29(41-34(45)25-15-17-26(18-16-25)37(48)50-6)20-19-27(28)22-32(44)35(46)42-31-14-10-12-24-11-8-9-13-30(24)31/h8-9,11,13,15-21,31-33H,10,12,14,22-23H2,1-7H3,(H,41,45)(H,42,46)(H,43,49)/t31-,32?,33?/m1/s1. The Morgan fingerprint density at radius 3 is 2.25 bits per heavy atom. The SMILES string of the molecule is COC(=O)c1ccc(C(=O)Nc2ccc3c(c2)CN(C(=O)C(NC(=O)OC(C)(C)C)C(C)(C)SC)C(C(=O)N[C@@H]2CCCc4ccccc42)C3)cc1. The van der Waals surface area contributed by atoms with E-state index in [-0.39, 0.29) is 30.8 Å². The Balaban J connectivity index is 1.45. The number of carbonyl (C=O) groups is 5. The number of benzene rings is 3. The van der Waals surface area contributed by atoms with Gasteiger partial charge >= 0.3 is 12.1 Å². The molecule has 0 fully saturated rings. The fraction of sp³-hybridized carbons (Fsp3) is 0.425. The number of carbonyl (C=O) groups excluding carboxylic acids is 5. The second-order valence-corrected chi connectivity index (χ2v) is 16.2. The molecule has 2 unspecified atom stereocenters. The molecule has 52 heavy (non-hydrogen) atoms. The Morgan fingerprint density at radius 1 is 0.885 bits per heavy atom. The summed E-state index contributed by atoms with van der Waals surface area (Å²) in [7, 11) is 1.29. The number of hydrogen-bond donors (Lipinski definition) is 3. The minimum atomic E-state index is -1.03. The molecule has 3 aromatic carbocycles. The third kappa shape index (κ3) is 8.96. The van der Waals surface area contributed by atoms with Crippen LogP contribution in [0.2, 0.25) is 0 Å². The van der Waals surface area contributed by atoms with E-state index < -0.39 is 40.4 Å². The van der Waals surface area contributed by atoms with Gasteiger partial charge in [0.05, 0.1) is 18.7 Å². The number of anilines is 1. The van der Waals surface area contributed by atoms with Gasteiger partial charge in [-0.15, -0.1) is 0 Å². The lowest BCUT2D eigenvalue weighted by Gasteiger charge is -2.42. The van der Waals surface area contributed by atoms with Gasteiger partial charge in [-0.05, 0) is 119 Å². The summed E-state index contributed by atoms with van der Waals surface area (Å²) >= 11 is 1.42. The van der Waals surface area contributed by atoms with Crippen LogP contribution in [0.5, 0.6) is 0 Å². The van der Waals surface area contributed by atoms with Crippen LogP contribution in [-0.4, -0.2) is 70.5 Å². The highest BCUT2D eigenvalue weighted by Crippen LogP contribution is 2.34. The van der Waals surface area contributed by atoms with Crippen LogP contribution in [-0.2, 0) is 38.4 Å². The number of fused-ring (bicyclic) bond motifs is 2. The van der Waals surface area contributed by atoms with Gasteiger partial charge < -0.3 is 30.3 Å². The first-order chi connectivity index (χ1) is 24.6. The second-order valence-electron chi connectivity index (χ2n) is 14.7. The van der Waals surface area contributed by atoms with E-state index in [0.717, 1.165) is 36.0 Å². The second kappa shape index (κ2) is 15.8. The van der Waals surface area contributed by atoms with Crippen molar-refractivity contribution in [3.63, 3.8) is 0 Å². The van der Waals surface area contributed by atoms with Crippen molar-refractivity contribution in [2.45, 2.75) is 95.3 Å². The molecule has 3 atom stereocenters. The predicted molar refractivity (Wildman–Crippen MR) is 201 cm³/mol. The van der Waals surface area contributed by atoms with Gasteiger partial charge in [-0.25, -0.2) is 9.59 Å². The van der Waals surface area contributed by atoms with E-state index in [1.165, 1.54) is 36.6 Å². The van der Waals surface area contributed by atoms with Crippen molar-refractivity contribution in [3.05, 3.63) is 100 Å². The van der Waals surface area contributed by atoms with Gasteiger partial charge in [0, 0.05) is 29.0 Å². The molecule has 1 heterocycles. The predicted octanol–water partition coefficient (Wildman–Crippen LogP) is 6.21. The lowest BCUT2D eigenvalue weighted by Crippen LogP contribution is -2.62. The molecule has 11 nitrogen and oxygen atoms in total. The van der Waals surface area contributed by atoms with E-state index in [4.69, 9.17) is 9.47 Å². The molecule has 1 aliphatic carbocycles. The van der Waals surface area contributed by atoms with Crippen LogP contribution >= 0.6 is 11.8 Å². The molecule has 3 N–H and O–H groups in total. The number of ether oxygens (including phenoxy) is 2. The van der Waals surface area contributed by atoms with Crippen molar-refractivity contribution in [2.24, 2.45) is 0 Å². The van der Waals surface area contributed by atoms with Gasteiger partial charge in [0.25, 0.3) is 5.91 Å². The number of nitrogens with one attached hydrogen (secondary N) is 3. The molecular formula is C40H48N4O7S. The zero-order chi connectivity index (χ0) is 37.8. The number of hydrogen-bond acceptors (Lipinski definition) is 8. The van der Waals surface area contributed by atoms with Crippen molar-refractivity contribution >= 4 is 47.2 Å². The highest BCUT2D eigenvalue weighted by molar-refractivity contribution is 8.00. The van der Waals surface area contributed by atoms with Crippen molar-refractivity contribution < 1.29 is 33.4 Å². The molecule has 0 saturated carbocycles. The molecule has 0 aromatic heterocycles. The fourth-order valence-electron chi connectivity index (χ4n) is 6.62. The van der Waals surface area contributed by atoms with Crippen LogP contribution in [0, 0.1) is 0 Å². The Bertz CT molecular complexity index is 1840. The Labute approximate surface area is 309 Å². The number of methoxy groups -OCH3 is 1. The summed E-state index contributed by atoms with van der Waals surface area (Å²) in [6.45, 7) is 9.07. The molecule has 2 aliphatic rings. The first kappa shape index (κ1) is 38.4. The van der Waals surface area contributed by atoms with Crippen LogP contribution < -0.4 is 16.0 Å². The van der Waals surface area contributed by atoms with E-state index in [1.807, 2.05) is 44.4 Å². The average molecular weight is 729 g/mol. The third-order valence-electron chi connectivity index (χ3n) is 9.56. The summed E-state index contributed by atoms with van der Waals surface area (Å²) in [6.07, 6.45) is 4.05. The van der Waals surface area contributed by atoms with Crippen LogP contribution in [0.25, 0.3) is 0 Å². The Morgan fingerprint density at radius 2 is 1.58 bits per heavy atom. The number of rotatable bonds is 9. The minimum absolute atomic E-state index is 0.0714.